The highest BCUT2D eigenvalue weighted by Gasteiger charge is 2.37. The molecule has 132 valence electrons. The van der Waals surface area contributed by atoms with Crippen molar-refractivity contribution in [3.8, 4) is 0 Å². The minimum Gasteiger partial charge on any atom is -0.393 e. The highest BCUT2D eigenvalue weighted by atomic mass is 16.5. The van der Waals surface area contributed by atoms with Crippen LogP contribution in [0.3, 0.4) is 0 Å². The SMILES string of the molecule is NCC(=O)N1CCO[C@@H](CN2CCC(O)CC2)[C@@H]1c1ccccc1. The van der Waals surface area contributed by atoms with Gasteiger partial charge in [0.2, 0.25) is 5.91 Å². The maximum atomic E-state index is 12.3. The fraction of sp³-hybridized carbons (Fsp3) is 0.611. The highest BCUT2D eigenvalue weighted by Crippen LogP contribution is 2.30. The van der Waals surface area contributed by atoms with E-state index in [4.69, 9.17) is 10.5 Å². The molecular weight excluding hydrogens is 306 g/mol. The Kier molecular flexibility index (Phi) is 5.84. The molecule has 3 rings (SSSR count). The molecule has 0 bridgehead atoms. The maximum Gasteiger partial charge on any atom is 0.236 e. The summed E-state index contributed by atoms with van der Waals surface area (Å²) in [4.78, 5) is 16.5. The van der Waals surface area contributed by atoms with Crippen LogP contribution in [0.15, 0.2) is 30.3 Å². The number of carbonyl (C=O) groups excluding carboxylic acids is 1. The molecule has 1 aromatic carbocycles. The summed E-state index contributed by atoms with van der Waals surface area (Å²) in [5.74, 6) is -0.0359. The van der Waals surface area contributed by atoms with Gasteiger partial charge in [-0.3, -0.25) is 4.79 Å². The summed E-state index contributed by atoms with van der Waals surface area (Å²) >= 11 is 0. The van der Waals surface area contributed by atoms with Crippen LogP contribution < -0.4 is 5.73 Å². The molecular formula is C18H27N3O3. The van der Waals surface area contributed by atoms with E-state index in [0.717, 1.165) is 38.0 Å². The van der Waals surface area contributed by atoms with Crippen molar-refractivity contribution in [3.63, 3.8) is 0 Å². The molecule has 24 heavy (non-hydrogen) atoms. The summed E-state index contributed by atoms with van der Waals surface area (Å²) in [6, 6.07) is 9.94. The van der Waals surface area contributed by atoms with Crippen LogP contribution in [0, 0.1) is 0 Å². The molecule has 2 aliphatic heterocycles. The Morgan fingerprint density at radius 3 is 2.58 bits per heavy atom. The second kappa shape index (κ2) is 8.07. The van der Waals surface area contributed by atoms with E-state index in [0.29, 0.717) is 13.2 Å². The van der Waals surface area contributed by atoms with Gasteiger partial charge in [0.25, 0.3) is 0 Å². The number of nitrogens with zero attached hydrogens (tertiary/aromatic N) is 2. The van der Waals surface area contributed by atoms with Crippen molar-refractivity contribution in [2.45, 2.75) is 31.1 Å². The van der Waals surface area contributed by atoms with Gasteiger partial charge in [-0.15, -0.1) is 0 Å². The number of piperidine rings is 1. The van der Waals surface area contributed by atoms with Crippen LogP contribution in [0.4, 0.5) is 0 Å². The zero-order valence-electron chi connectivity index (χ0n) is 14.0. The second-order valence-electron chi connectivity index (χ2n) is 6.59. The smallest absolute Gasteiger partial charge is 0.236 e. The predicted molar refractivity (Wildman–Crippen MR) is 91.4 cm³/mol. The molecule has 0 aromatic heterocycles. The molecule has 2 aliphatic rings. The Morgan fingerprint density at radius 2 is 1.92 bits per heavy atom. The van der Waals surface area contributed by atoms with Crippen LogP contribution in [-0.4, -0.2) is 72.4 Å². The number of aliphatic hydroxyl groups is 1. The predicted octanol–water partition coefficient (Wildman–Crippen LogP) is 0.371. The lowest BCUT2D eigenvalue weighted by atomic mass is 9.96. The lowest BCUT2D eigenvalue weighted by molar-refractivity contribution is -0.147. The van der Waals surface area contributed by atoms with Crippen molar-refractivity contribution in [2.24, 2.45) is 5.73 Å². The maximum absolute atomic E-state index is 12.3. The number of benzene rings is 1. The summed E-state index contributed by atoms with van der Waals surface area (Å²) in [5.41, 5.74) is 6.70. The van der Waals surface area contributed by atoms with Gasteiger partial charge in [-0.2, -0.15) is 0 Å². The van der Waals surface area contributed by atoms with E-state index in [9.17, 15) is 9.90 Å². The molecule has 3 N–H and O–H groups in total. The molecule has 0 aliphatic carbocycles. The minimum atomic E-state index is -0.186. The molecule has 2 atom stereocenters. The summed E-state index contributed by atoms with van der Waals surface area (Å²) < 4.78 is 6.06. The third kappa shape index (κ3) is 3.95. The van der Waals surface area contributed by atoms with Gasteiger partial charge in [0, 0.05) is 26.2 Å². The number of aliphatic hydroxyl groups excluding tert-OH is 1. The van der Waals surface area contributed by atoms with Gasteiger partial charge in [0.1, 0.15) is 0 Å². The van der Waals surface area contributed by atoms with Crippen LogP contribution in [0.1, 0.15) is 24.4 Å². The molecule has 0 saturated carbocycles. The first kappa shape index (κ1) is 17.4. The molecule has 1 aromatic rings. The Hall–Kier alpha value is -1.47. The van der Waals surface area contributed by atoms with E-state index in [-0.39, 0.29) is 30.7 Å². The first-order valence-corrected chi connectivity index (χ1v) is 8.75. The van der Waals surface area contributed by atoms with Crippen molar-refractivity contribution in [3.05, 3.63) is 35.9 Å². The zero-order chi connectivity index (χ0) is 16.9. The molecule has 0 radical (unpaired) electrons. The number of rotatable bonds is 4. The molecule has 1 amide bonds. The lowest BCUT2D eigenvalue weighted by Crippen LogP contribution is -2.53. The second-order valence-corrected chi connectivity index (χ2v) is 6.59. The first-order valence-electron chi connectivity index (χ1n) is 8.75. The Labute approximate surface area is 143 Å². The Bertz CT molecular complexity index is 532. The molecule has 0 unspecified atom stereocenters. The minimum absolute atomic E-state index is 0.0198. The van der Waals surface area contributed by atoms with Crippen LogP contribution >= 0.6 is 0 Å². The quantitative estimate of drug-likeness (QED) is 0.832. The Balaban J connectivity index is 1.78. The van der Waals surface area contributed by atoms with Crippen LogP contribution in [0.25, 0.3) is 0 Å². The largest absolute Gasteiger partial charge is 0.393 e. The third-order valence-corrected chi connectivity index (χ3v) is 4.98. The van der Waals surface area contributed by atoms with Crippen molar-refractivity contribution in [1.29, 1.82) is 0 Å². The standard InChI is InChI=1S/C18H27N3O3/c19-12-17(23)21-10-11-24-16(13-20-8-6-15(22)7-9-20)18(21)14-4-2-1-3-5-14/h1-5,15-16,18,22H,6-13,19H2/t16-,18-/m0/s1. The van der Waals surface area contributed by atoms with Crippen molar-refractivity contribution in [2.75, 3.05) is 39.3 Å². The van der Waals surface area contributed by atoms with E-state index in [1.807, 2.05) is 35.2 Å². The molecule has 6 nitrogen and oxygen atoms in total. The topological polar surface area (TPSA) is 79.0 Å². The fourth-order valence-electron chi connectivity index (χ4n) is 3.68. The molecule has 2 saturated heterocycles. The summed E-state index contributed by atoms with van der Waals surface area (Å²) in [6.45, 7) is 3.63. The highest BCUT2D eigenvalue weighted by molar-refractivity contribution is 5.78. The third-order valence-electron chi connectivity index (χ3n) is 4.98. The van der Waals surface area contributed by atoms with E-state index in [1.165, 1.54) is 0 Å². The van der Waals surface area contributed by atoms with Gasteiger partial charge in [-0.1, -0.05) is 30.3 Å². The van der Waals surface area contributed by atoms with Crippen molar-refractivity contribution < 1.29 is 14.6 Å². The van der Waals surface area contributed by atoms with Gasteiger partial charge in [0.05, 0.1) is 31.4 Å². The van der Waals surface area contributed by atoms with Gasteiger partial charge in [-0.25, -0.2) is 0 Å². The summed E-state index contributed by atoms with van der Waals surface area (Å²) in [5, 5.41) is 9.68. The van der Waals surface area contributed by atoms with Crippen LogP contribution in [0.2, 0.25) is 0 Å². The van der Waals surface area contributed by atoms with Crippen molar-refractivity contribution >= 4 is 5.91 Å². The molecule has 2 fully saturated rings. The van der Waals surface area contributed by atoms with E-state index < -0.39 is 0 Å². The van der Waals surface area contributed by atoms with Gasteiger partial charge >= 0.3 is 0 Å². The van der Waals surface area contributed by atoms with Gasteiger partial charge in [0.15, 0.2) is 0 Å². The number of amides is 1. The van der Waals surface area contributed by atoms with E-state index in [1.54, 1.807) is 0 Å². The molecule has 0 spiro atoms. The number of likely N-dealkylation sites (tertiary alicyclic amines) is 1. The van der Waals surface area contributed by atoms with E-state index in [2.05, 4.69) is 4.90 Å². The average Bonchev–Trinajstić information content (AvgIpc) is 2.63. The molecule has 2 heterocycles. The molecule has 6 heteroatoms. The fourth-order valence-corrected chi connectivity index (χ4v) is 3.68. The number of hydrogen-bond donors (Lipinski definition) is 2. The van der Waals surface area contributed by atoms with Gasteiger partial charge < -0.3 is 25.4 Å². The average molecular weight is 333 g/mol. The summed E-state index contributed by atoms with van der Waals surface area (Å²) in [6.07, 6.45) is 1.34. The number of nitrogens with two attached hydrogens (primary N) is 1. The van der Waals surface area contributed by atoms with E-state index >= 15 is 0 Å². The summed E-state index contributed by atoms with van der Waals surface area (Å²) in [7, 11) is 0. The lowest BCUT2D eigenvalue weighted by Gasteiger charge is -2.43. The van der Waals surface area contributed by atoms with Crippen molar-refractivity contribution in [1.82, 2.24) is 9.80 Å². The zero-order valence-corrected chi connectivity index (χ0v) is 14.0. The Morgan fingerprint density at radius 1 is 1.21 bits per heavy atom. The number of hydrogen-bond acceptors (Lipinski definition) is 5. The van der Waals surface area contributed by atoms with Crippen LogP contribution in [0.5, 0.6) is 0 Å². The first-order chi connectivity index (χ1) is 11.7. The number of ether oxygens (including phenoxy) is 1. The monoisotopic (exact) mass is 333 g/mol. The number of carbonyl (C=O) groups is 1. The number of morpholine rings is 1. The van der Waals surface area contributed by atoms with Gasteiger partial charge in [-0.05, 0) is 18.4 Å². The van der Waals surface area contributed by atoms with Crippen LogP contribution in [-0.2, 0) is 9.53 Å². The normalized spacial score (nSPS) is 26.5.